The number of aryl methyl sites for hydroxylation is 2. The first-order chi connectivity index (χ1) is 26.6. The van der Waals surface area contributed by atoms with Crippen LogP contribution >= 0.6 is 0 Å². The van der Waals surface area contributed by atoms with E-state index in [2.05, 4.69) is 225 Å². The summed E-state index contributed by atoms with van der Waals surface area (Å²) < 4.78 is 0. The smallest absolute Gasteiger partial charge is 0.108 e. The van der Waals surface area contributed by atoms with Gasteiger partial charge in [0.05, 0.1) is 0 Å². The van der Waals surface area contributed by atoms with Crippen molar-refractivity contribution in [3.8, 4) is 45.2 Å². The van der Waals surface area contributed by atoms with Crippen molar-refractivity contribution in [1.82, 2.24) is 0 Å². The summed E-state index contributed by atoms with van der Waals surface area (Å²) >= 11 is 0. The van der Waals surface area contributed by atoms with Gasteiger partial charge in [-0.25, -0.2) is 0 Å². The van der Waals surface area contributed by atoms with E-state index in [0.29, 0.717) is 0 Å². The summed E-state index contributed by atoms with van der Waals surface area (Å²) in [4.78, 5) is 2.37. The summed E-state index contributed by atoms with van der Waals surface area (Å²) in [5.74, 6) is 7.42. The molecule has 8 aromatic carbocycles. The van der Waals surface area contributed by atoms with Crippen molar-refractivity contribution in [2.45, 2.75) is 19.3 Å². The van der Waals surface area contributed by atoms with Gasteiger partial charge in [-0.15, -0.1) is 0 Å². The van der Waals surface area contributed by atoms with Crippen LogP contribution in [-0.2, 0) is 5.41 Å². The molecule has 1 atom stereocenters. The molecule has 0 bridgehead atoms. The second kappa shape index (κ2) is 13.9. The highest BCUT2D eigenvalue weighted by Gasteiger charge is 2.44. The van der Waals surface area contributed by atoms with E-state index in [0.717, 1.165) is 22.6 Å². The fraction of sp³-hybridized carbons (Fsp3) is 0.0566. The molecule has 1 aliphatic rings. The van der Waals surface area contributed by atoms with Crippen LogP contribution in [0.2, 0.25) is 0 Å². The Morgan fingerprint density at radius 3 is 1.39 bits per heavy atom. The van der Waals surface area contributed by atoms with Gasteiger partial charge in [0.15, 0.2) is 0 Å². The van der Waals surface area contributed by atoms with Gasteiger partial charge in [-0.05, 0) is 112 Å². The second-order valence-electron chi connectivity index (χ2n) is 14.2. The van der Waals surface area contributed by atoms with Crippen molar-refractivity contribution in [3.05, 3.63) is 234 Å². The van der Waals surface area contributed by atoms with Crippen molar-refractivity contribution < 1.29 is 0 Å². The predicted octanol–water partition coefficient (Wildman–Crippen LogP) is 13.5. The number of benzene rings is 8. The molecular weight excluding hydrogens is 651 g/mol. The van der Waals surface area contributed by atoms with Crippen LogP contribution in [0.15, 0.2) is 200 Å². The zero-order chi connectivity index (χ0) is 36.5. The molecular formula is C53H39N. The van der Waals surface area contributed by atoms with Crippen LogP contribution in [0.3, 0.4) is 0 Å². The van der Waals surface area contributed by atoms with Crippen molar-refractivity contribution in [1.29, 1.82) is 0 Å². The van der Waals surface area contributed by atoms with Gasteiger partial charge in [-0.2, -0.15) is 0 Å². The Balaban J connectivity index is 1.21. The van der Waals surface area contributed by atoms with Crippen molar-refractivity contribution in [2.24, 2.45) is 0 Å². The molecule has 1 aliphatic carbocycles. The molecule has 0 aliphatic heterocycles. The molecule has 0 saturated heterocycles. The lowest BCUT2D eigenvalue weighted by Crippen LogP contribution is -2.25. The minimum Gasteiger partial charge on any atom is -0.310 e. The molecule has 1 unspecified atom stereocenters. The normalized spacial score (nSPS) is 14.0. The first-order valence-electron chi connectivity index (χ1n) is 18.6. The standard InChI is InChI=1S/C53H39N/c1-38-17-21-41(22-18-38)43-25-29-46(30-26-43)54(47-31-27-44(28-32-47)42-23-19-39(2)20-24-42)48-33-34-52-50(37-48)49-15-9-10-16-51(49)53(52,45-13-7-4-8-14-45)36-35-40-11-5-3-6-12-40/h3-34,37H,1-2H3. The zero-order valence-electron chi connectivity index (χ0n) is 30.5. The Labute approximate surface area is 318 Å². The summed E-state index contributed by atoms with van der Waals surface area (Å²) in [6, 6.07) is 72.2. The Morgan fingerprint density at radius 2 is 0.833 bits per heavy atom. The topological polar surface area (TPSA) is 3.24 Å². The largest absolute Gasteiger partial charge is 0.310 e. The first-order valence-corrected chi connectivity index (χ1v) is 18.6. The van der Waals surface area contributed by atoms with Gasteiger partial charge in [-0.3, -0.25) is 0 Å². The molecule has 0 spiro atoms. The van der Waals surface area contributed by atoms with Gasteiger partial charge < -0.3 is 4.90 Å². The lowest BCUT2D eigenvalue weighted by molar-refractivity contribution is 0.837. The maximum Gasteiger partial charge on any atom is 0.108 e. The number of hydrogen-bond donors (Lipinski definition) is 0. The molecule has 0 saturated carbocycles. The van der Waals surface area contributed by atoms with Gasteiger partial charge in [0.1, 0.15) is 5.41 Å². The van der Waals surface area contributed by atoms with E-state index >= 15 is 0 Å². The summed E-state index contributed by atoms with van der Waals surface area (Å²) in [6.45, 7) is 4.26. The summed E-state index contributed by atoms with van der Waals surface area (Å²) in [6.07, 6.45) is 0. The van der Waals surface area contributed by atoms with E-state index in [9.17, 15) is 0 Å². The first kappa shape index (κ1) is 33.0. The van der Waals surface area contributed by atoms with Crippen LogP contribution in [0, 0.1) is 25.7 Å². The SMILES string of the molecule is Cc1ccc(-c2ccc(N(c3ccc(-c4ccc(C)cc4)cc3)c3ccc4c(c3)-c3ccccc3C4(C#Cc3ccccc3)c3ccccc3)cc2)cc1. The Bertz CT molecular complexity index is 2540. The highest BCUT2D eigenvalue weighted by atomic mass is 15.1. The van der Waals surface area contributed by atoms with E-state index in [-0.39, 0.29) is 0 Å². The van der Waals surface area contributed by atoms with Crippen molar-refractivity contribution in [3.63, 3.8) is 0 Å². The minimum absolute atomic E-state index is 0.627. The summed E-state index contributed by atoms with van der Waals surface area (Å²) in [5.41, 5.74) is 17.0. The molecule has 0 fully saturated rings. The van der Waals surface area contributed by atoms with Gasteiger partial charge >= 0.3 is 0 Å². The molecule has 9 rings (SSSR count). The third-order valence-corrected chi connectivity index (χ3v) is 10.7. The maximum absolute atomic E-state index is 3.84. The number of hydrogen-bond acceptors (Lipinski definition) is 1. The average Bonchev–Trinajstić information content (AvgIpc) is 3.52. The summed E-state index contributed by atoms with van der Waals surface area (Å²) in [7, 11) is 0. The van der Waals surface area contributed by atoms with Crippen LogP contribution in [0.5, 0.6) is 0 Å². The average molecular weight is 690 g/mol. The number of fused-ring (bicyclic) bond motifs is 3. The van der Waals surface area contributed by atoms with Gasteiger partial charge in [-0.1, -0.05) is 175 Å². The third kappa shape index (κ3) is 5.99. The Morgan fingerprint density at radius 1 is 0.389 bits per heavy atom. The molecule has 54 heavy (non-hydrogen) atoms. The fourth-order valence-corrected chi connectivity index (χ4v) is 7.85. The van der Waals surface area contributed by atoms with Gasteiger partial charge in [0.2, 0.25) is 0 Å². The zero-order valence-corrected chi connectivity index (χ0v) is 30.5. The molecule has 1 heteroatoms. The van der Waals surface area contributed by atoms with Crippen LogP contribution in [0.1, 0.15) is 33.4 Å². The molecule has 0 amide bonds. The van der Waals surface area contributed by atoms with Crippen molar-refractivity contribution >= 4 is 17.1 Å². The minimum atomic E-state index is -0.627. The van der Waals surface area contributed by atoms with E-state index in [1.807, 2.05) is 6.07 Å². The monoisotopic (exact) mass is 689 g/mol. The maximum atomic E-state index is 3.84. The van der Waals surface area contributed by atoms with Crippen LogP contribution < -0.4 is 4.90 Å². The number of rotatable bonds is 6. The van der Waals surface area contributed by atoms with E-state index in [4.69, 9.17) is 0 Å². The fourth-order valence-electron chi connectivity index (χ4n) is 7.85. The van der Waals surface area contributed by atoms with Crippen LogP contribution in [0.25, 0.3) is 33.4 Å². The number of nitrogens with zero attached hydrogens (tertiary/aromatic N) is 1. The van der Waals surface area contributed by atoms with E-state index in [1.165, 1.54) is 61.2 Å². The van der Waals surface area contributed by atoms with E-state index < -0.39 is 5.41 Å². The second-order valence-corrected chi connectivity index (χ2v) is 14.2. The van der Waals surface area contributed by atoms with E-state index in [1.54, 1.807) is 0 Å². The highest BCUT2D eigenvalue weighted by molar-refractivity contribution is 5.90. The lowest BCUT2D eigenvalue weighted by atomic mass is 9.73. The summed E-state index contributed by atoms with van der Waals surface area (Å²) in [5, 5.41) is 0. The molecule has 8 aromatic rings. The van der Waals surface area contributed by atoms with Crippen LogP contribution in [-0.4, -0.2) is 0 Å². The predicted molar refractivity (Wildman–Crippen MR) is 227 cm³/mol. The molecule has 0 N–H and O–H groups in total. The molecule has 256 valence electrons. The van der Waals surface area contributed by atoms with Crippen molar-refractivity contribution in [2.75, 3.05) is 4.90 Å². The van der Waals surface area contributed by atoms with Gasteiger partial charge in [0, 0.05) is 22.6 Å². The third-order valence-electron chi connectivity index (χ3n) is 10.7. The molecule has 1 nitrogen and oxygen atoms in total. The lowest BCUT2D eigenvalue weighted by Gasteiger charge is -2.29. The quantitative estimate of drug-likeness (QED) is 0.157. The molecule has 0 heterocycles. The number of anilines is 3. The van der Waals surface area contributed by atoms with Gasteiger partial charge in [0.25, 0.3) is 0 Å². The highest BCUT2D eigenvalue weighted by Crippen LogP contribution is 2.54. The Hall–Kier alpha value is -6.88. The molecule has 0 aromatic heterocycles. The molecule has 0 radical (unpaired) electrons. The van der Waals surface area contributed by atoms with Crippen LogP contribution in [0.4, 0.5) is 17.1 Å². The Kier molecular flexibility index (Phi) is 8.51.